The summed E-state index contributed by atoms with van der Waals surface area (Å²) >= 11 is 0. The topological polar surface area (TPSA) is 55.4 Å². The van der Waals surface area contributed by atoms with Crippen molar-refractivity contribution in [3.63, 3.8) is 0 Å². The van der Waals surface area contributed by atoms with E-state index in [2.05, 4.69) is 6.58 Å². The van der Waals surface area contributed by atoms with E-state index < -0.39 is 5.60 Å². The molecule has 0 saturated heterocycles. The zero-order valence-corrected chi connectivity index (χ0v) is 17.3. The first-order chi connectivity index (χ1) is 14.8. The molecule has 1 unspecified atom stereocenters. The van der Waals surface area contributed by atoms with E-state index in [1.54, 1.807) is 6.08 Å². The third-order valence-corrected chi connectivity index (χ3v) is 4.57. The Balaban J connectivity index is 1.73. The van der Waals surface area contributed by atoms with Crippen LogP contribution in [0.15, 0.2) is 67.3 Å². The minimum atomic E-state index is -0.870. The molecule has 1 aliphatic rings. The summed E-state index contributed by atoms with van der Waals surface area (Å²) in [6.07, 6.45) is 1.73. The van der Waals surface area contributed by atoms with Crippen molar-refractivity contribution in [1.29, 1.82) is 0 Å². The van der Waals surface area contributed by atoms with E-state index in [0.717, 1.165) is 5.56 Å². The number of benzene rings is 2. The highest BCUT2D eigenvalue weighted by Crippen LogP contribution is 2.31. The zero-order chi connectivity index (χ0) is 20.9. The monoisotopic (exact) mass is 414 g/mol. The fourth-order valence-corrected chi connectivity index (χ4v) is 2.94. The van der Waals surface area contributed by atoms with Crippen molar-refractivity contribution >= 4 is 0 Å². The summed E-state index contributed by atoms with van der Waals surface area (Å²) in [5.74, 6) is 1.25. The maximum absolute atomic E-state index is 6.37. The number of rotatable bonds is 5. The molecule has 0 N–H and O–H groups in total. The number of para-hydroxylation sites is 2. The molecular weight excluding hydrogens is 384 g/mol. The molecule has 6 nitrogen and oxygen atoms in total. The fraction of sp³-hybridized carbons (Fsp3) is 0.417. The van der Waals surface area contributed by atoms with Gasteiger partial charge in [-0.1, -0.05) is 49.0 Å². The van der Waals surface area contributed by atoms with Gasteiger partial charge in [0.15, 0.2) is 17.1 Å². The first kappa shape index (κ1) is 22.3. The van der Waals surface area contributed by atoms with Crippen molar-refractivity contribution in [3.05, 3.63) is 72.8 Å². The van der Waals surface area contributed by atoms with Gasteiger partial charge in [0, 0.05) is 0 Å². The molecule has 2 aromatic rings. The lowest BCUT2D eigenvalue weighted by Gasteiger charge is -2.32. The Morgan fingerprint density at radius 2 is 1.43 bits per heavy atom. The molecule has 0 radical (unpaired) electrons. The van der Waals surface area contributed by atoms with E-state index in [1.165, 1.54) is 0 Å². The lowest BCUT2D eigenvalue weighted by atomic mass is 10.1. The van der Waals surface area contributed by atoms with E-state index in [9.17, 15) is 0 Å². The molecule has 6 heteroatoms. The van der Waals surface area contributed by atoms with Crippen molar-refractivity contribution in [2.24, 2.45) is 0 Å². The largest absolute Gasteiger partial charge is 0.487 e. The average Bonchev–Trinajstić information content (AvgIpc) is 2.79. The quantitative estimate of drug-likeness (QED) is 0.696. The fourth-order valence-electron chi connectivity index (χ4n) is 2.94. The van der Waals surface area contributed by atoms with Crippen LogP contribution in [-0.2, 0) is 25.6 Å². The minimum Gasteiger partial charge on any atom is -0.487 e. The van der Waals surface area contributed by atoms with Gasteiger partial charge in [-0.3, -0.25) is 0 Å². The maximum atomic E-state index is 6.37. The van der Waals surface area contributed by atoms with Crippen LogP contribution in [0.1, 0.15) is 5.56 Å². The van der Waals surface area contributed by atoms with Crippen LogP contribution in [0.25, 0.3) is 0 Å². The number of fused-ring (bicyclic) bond motifs is 1. The molecule has 0 aliphatic carbocycles. The summed E-state index contributed by atoms with van der Waals surface area (Å²) < 4.78 is 35.1. The number of ether oxygens (including phenoxy) is 6. The first-order valence-corrected chi connectivity index (χ1v) is 10.2. The lowest BCUT2D eigenvalue weighted by Crippen LogP contribution is -2.44. The van der Waals surface area contributed by atoms with Crippen LogP contribution < -0.4 is 9.47 Å². The Bertz CT molecular complexity index is 750. The van der Waals surface area contributed by atoms with Gasteiger partial charge in [-0.15, -0.1) is 0 Å². The highest BCUT2D eigenvalue weighted by Gasteiger charge is 2.31. The van der Waals surface area contributed by atoms with Crippen molar-refractivity contribution in [2.75, 3.05) is 52.9 Å². The third kappa shape index (κ3) is 7.15. The molecule has 0 spiro atoms. The molecule has 1 atom stereocenters. The SMILES string of the molecule is C=CC1(COCc2ccccc2)COCCOCCOCCOc2ccccc2O1. The summed E-state index contributed by atoms with van der Waals surface area (Å²) in [7, 11) is 0. The molecular formula is C24H30O6. The van der Waals surface area contributed by atoms with Crippen LogP contribution in [0.5, 0.6) is 11.5 Å². The summed E-state index contributed by atoms with van der Waals surface area (Å²) in [5.41, 5.74) is 0.220. The van der Waals surface area contributed by atoms with Crippen LogP contribution in [-0.4, -0.2) is 58.5 Å². The summed E-state index contributed by atoms with van der Waals surface area (Å²) in [6.45, 7) is 7.87. The van der Waals surface area contributed by atoms with E-state index in [-0.39, 0.29) is 13.2 Å². The molecule has 1 heterocycles. The van der Waals surface area contributed by atoms with Gasteiger partial charge in [-0.2, -0.15) is 0 Å². The van der Waals surface area contributed by atoms with Crippen molar-refractivity contribution < 1.29 is 28.4 Å². The van der Waals surface area contributed by atoms with Crippen LogP contribution in [0, 0.1) is 0 Å². The smallest absolute Gasteiger partial charge is 0.173 e. The average molecular weight is 414 g/mol. The normalized spacial score (nSPS) is 21.2. The second-order valence-electron chi connectivity index (χ2n) is 6.92. The van der Waals surface area contributed by atoms with Gasteiger partial charge in [-0.05, 0) is 23.8 Å². The molecule has 0 bridgehead atoms. The predicted octanol–water partition coefficient (Wildman–Crippen LogP) is 3.65. The van der Waals surface area contributed by atoms with Gasteiger partial charge in [0.1, 0.15) is 6.61 Å². The van der Waals surface area contributed by atoms with E-state index in [0.29, 0.717) is 57.7 Å². The molecule has 0 aromatic heterocycles. The molecule has 0 amide bonds. The summed E-state index contributed by atoms with van der Waals surface area (Å²) in [5, 5.41) is 0. The Labute approximate surface area is 178 Å². The van der Waals surface area contributed by atoms with E-state index >= 15 is 0 Å². The Kier molecular flexibility index (Phi) is 9.18. The molecule has 0 saturated carbocycles. The van der Waals surface area contributed by atoms with Crippen LogP contribution >= 0.6 is 0 Å². The molecule has 3 rings (SSSR count). The van der Waals surface area contributed by atoms with Gasteiger partial charge in [0.2, 0.25) is 0 Å². The second kappa shape index (κ2) is 12.3. The van der Waals surface area contributed by atoms with Crippen molar-refractivity contribution in [3.8, 4) is 11.5 Å². The minimum absolute atomic E-state index is 0.277. The van der Waals surface area contributed by atoms with Crippen LogP contribution in [0.4, 0.5) is 0 Å². The standard InChI is InChI=1S/C24H30O6/c1-2-24(20-28-18-21-8-4-3-5-9-21)19-27-15-14-25-12-13-26-16-17-29-22-10-6-7-11-23(22)30-24/h2-11H,1,12-20H2. The second-order valence-corrected chi connectivity index (χ2v) is 6.92. The van der Waals surface area contributed by atoms with Crippen LogP contribution in [0.2, 0.25) is 0 Å². The van der Waals surface area contributed by atoms with Crippen molar-refractivity contribution in [2.45, 2.75) is 12.2 Å². The highest BCUT2D eigenvalue weighted by molar-refractivity contribution is 5.40. The molecule has 162 valence electrons. The third-order valence-electron chi connectivity index (χ3n) is 4.57. The summed E-state index contributed by atoms with van der Waals surface area (Å²) in [6, 6.07) is 17.6. The predicted molar refractivity (Wildman–Crippen MR) is 114 cm³/mol. The highest BCUT2D eigenvalue weighted by atomic mass is 16.6. The number of hydrogen-bond donors (Lipinski definition) is 0. The maximum Gasteiger partial charge on any atom is 0.173 e. The van der Waals surface area contributed by atoms with Gasteiger partial charge in [-0.25, -0.2) is 0 Å². The summed E-state index contributed by atoms with van der Waals surface area (Å²) in [4.78, 5) is 0. The molecule has 0 fully saturated rings. The van der Waals surface area contributed by atoms with Crippen molar-refractivity contribution in [1.82, 2.24) is 0 Å². The van der Waals surface area contributed by atoms with Gasteiger partial charge in [0.25, 0.3) is 0 Å². The Hall–Kier alpha value is -2.38. The zero-order valence-electron chi connectivity index (χ0n) is 17.3. The molecule has 1 aliphatic heterocycles. The molecule has 30 heavy (non-hydrogen) atoms. The van der Waals surface area contributed by atoms with E-state index in [4.69, 9.17) is 28.4 Å². The Morgan fingerprint density at radius 3 is 2.17 bits per heavy atom. The van der Waals surface area contributed by atoms with Gasteiger partial charge in [0.05, 0.1) is 52.9 Å². The van der Waals surface area contributed by atoms with Gasteiger partial charge < -0.3 is 28.4 Å². The van der Waals surface area contributed by atoms with Gasteiger partial charge >= 0.3 is 0 Å². The molecule has 2 aromatic carbocycles. The lowest BCUT2D eigenvalue weighted by molar-refractivity contribution is -0.0651. The Morgan fingerprint density at radius 1 is 0.800 bits per heavy atom. The van der Waals surface area contributed by atoms with Crippen LogP contribution in [0.3, 0.4) is 0 Å². The van der Waals surface area contributed by atoms with E-state index in [1.807, 2.05) is 54.6 Å². The first-order valence-electron chi connectivity index (χ1n) is 10.2. The number of hydrogen-bond acceptors (Lipinski definition) is 6.